The van der Waals surface area contributed by atoms with E-state index in [0.717, 1.165) is 11.1 Å². The van der Waals surface area contributed by atoms with E-state index in [4.69, 9.17) is 9.84 Å². The lowest BCUT2D eigenvalue weighted by Crippen LogP contribution is -2.26. The van der Waals surface area contributed by atoms with Crippen molar-refractivity contribution in [2.75, 3.05) is 13.2 Å². The number of hydrogen-bond donors (Lipinski definition) is 2. The summed E-state index contributed by atoms with van der Waals surface area (Å²) >= 11 is 0. The number of halogens is 1. The fourth-order valence-electron chi connectivity index (χ4n) is 3.71. The Labute approximate surface area is 177 Å². The highest BCUT2D eigenvalue weighted by atomic mass is 19.1. The molecule has 0 unspecified atom stereocenters. The Balaban J connectivity index is 1.89. The molecule has 0 bridgehead atoms. The van der Waals surface area contributed by atoms with Crippen molar-refractivity contribution < 1.29 is 23.8 Å². The molecule has 9 heteroatoms. The lowest BCUT2D eigenvalue weighted by Gasteiger charge is -2.17. The lowest BCUT2D eigenvalue weighted by molar-refractivity contribution is 0.0957. The number of fused-ring (bicyclic) bond motifs is 1. The van der Waals surface area contributed by atoms with Crippen LogP contribution in [0.4, 0.5) is 9.18 Å². The number of amides is 2. The van der Waals surface area contributed by atoms with E-state index in [1.54, 1.807) is 47.6 Å². The van der Waals surface area contributed by atoms with Crippen molar-refractivity contribution in [3.05, 3.63) is 70.9 Å². The molecule has 2 N–H and O–H groups in total. The maximum atomic E-state index is 13.7. The number of ether oxygens (including phenoxy) is 1. The summed E-state index contributed by atoms with van der Waals surface area (Å²) in [6, 6.07) is 8.07. The fraction of sp³-hybridized carbons (Fsp3) is 0.227. The van der Waals surface area contributed by atoms with Gasteiger partial charge in [0.25, 0.3) is 5.91 Å². The number of rotatable bonds is 3. The number of carbonyl (C=O) groups excluding carboxylic acids is 1. The molecule has 0 saturated heterocycles. The zero-order valence-electron chi connectivity index (χ0n) is 17.1. The number of carbonyl (C=O) groups is 2. The molecule has 0 radical (unpaired) electrons. The lowest BCUT2D eigenvalue weighted by atomic mass is 9.94. The highest BCUT2D eigenvalue weighted by Crippen LogP contribution is 2.37. The first kappa shape index (κ1) is 20.4. The van der Waals surface area contributed by atoms with Gasteiger partial charge in [-0.3, -0.25) is 4.79 Å². The van der Waals surface area contributed by atoms with Crippen molar-refractivity contribution >= 4 is 12.0 Å². The normalized spacial score (nSPS) is 13.9. The molecule has 0 aliphatic carbocycles. The van der Waals surface area contributed by atoms with Gasteiger partial charge < -0.3 is 24.3 Å². The summed E-state index contributed by atoms with van der Waals surface area (Å²) < 4.78 is 22.8. The van der Waals surface area contributed by atoms with Gasteiger partial charge in [0.1, 0.15) is 18.2 Å². The molecule has 2 heterocycles. The molecule has 160 valence electrons. The molecule has 31 heavy (non-hydrogen) atoms. The smallest absolute Gasteiger partial charge is 0.434 e. The number of nitrogens with one attached hydrogen (secondary N) is 1. The quantitative estimate of drug-likeness (QED) is 0.676. The molecule has 8 nitrogen and oxygen atoms in total. The predicted molar refractivity (Wildman–Crippen MR) is 110 cm³/mol. The van der Waals surface area contributed by atoms with Crippen LogP contribution in [0.1, 0.15) is 21.5 Å². The summed E-state index contributed by atoms with van der Waals surface area (Å²) in [7, 11) is 1.70. The van der Waals surface area contributed by atoms with Gasteiger partial charge >= 0.3 is 6.09 Å². The summed E-state index contributed by atoms with van der Waals surface area (Å²) in [4.78, 5) is 27.4. The molecule has 0 fully saturated rings. The highest BCUT2D eigenvalue weighted by molar-refractivity contribution is 6.00. The Morgan fingerprint density at radius 1 is 1.23 bits per heavy atom. The monoisotopic (exact) mass is 424 g/mol. The third-order valence-corrected chi connectivity index (χ3v) is 5.10. The van der Waals surface area contributed by atoms with Crippen LogP contribution in [-0.4, -0.2) is 39.4 Å². The summed E-state index contributed by atoms with van der Waals surface area (Å²) in [6.45, 7) is 2.77. The molecular weight excluding hydrogens is 403 g/mol. The summed E-state index contributed by atoms with van der Waals surface area (Å²) in [5.41, 5.74) is 3.51. The predicted octanol–water partition coefficient (Wildman–Crippen LogP) is 2.69. The molecule has 0 spiro atoms. The van der Waals surface area contributed by atoms with Gasteiger partial charge in [-0.25, -0.2) is 9.18 Å². The molecule has 2 aromatic carbocycles. The molecule has 3 aromatic rings. The number of carboxylic acid groups (broad SMARTS) is 1. The third kappa shape index (κ3) is 4.07. The summed E-state index contributed by atoms with van der Waals surface area (Å²) in [5, 5.41) is 11.9. The van der Waals surface area contributed by atoms with Gasteiger partial charge in [-0.1, -0.05) is 6.07 Å². The first-order chi connectivity index (χ1) is 14.8. The second kappa shape index (κ2) is 8.10. The van der Waals surface area contributed by atoms with Crippen LogP contribution in [0.15, 0.2) is 47.7 Å². The Morgan fingerprint density at radius 3 is 2.74 bits per heavy atom. The van der Waals surface area contributed by atoms with E-state index in [2.05, 4.69) is 10.3 Å². The van der Waals surface area contributed by atoms with Crippen molar-refractivity contribution in [3.8, 4) is 16.9 Å². The Hall–Kier alpha value is -3.88. The van der Waals surface area contributed by atoms with Crippen LogP contribution in [0.5, 0.6) is 5.75 Å². The largest absolute Gasteiger partial charge is 0.490 e. The second-order valence-corrected chi connectivity index (χ2v) is 7.31. The second-order valence-electron chi connectivity index (χ2n) is 7.31. The van der Waals surface area contributed by atoms with Crippen LogP contribution < -0.4 is 15.7 Å². The van der Waals surface area contributed by atoms with Gasteiger partial charge in [0.05, 0.1) is 18.7 Å². The fourth-order valence-corrected chi connectivity index (χ4v) is 3.71. The van der Waals surface area contributed by atoms with Crippen molar-refractivity contribution in [3.63, 3.8) is 0 Å². The third-order valence-electron chi connectivity index (χ3n) is 5.10. The van der Waals surface area contributed by atoms with Crippen LogP contribution in [0.25, 0.3) is 11.1 Å². The molecule has 4 rings (SSSR count). The minimum absolute atomic E-state index is 0.252. The van der Waals surface area contributed by atoms with E-state index in [1.807, 2.05) is 6.07 Å². The van der Waals surface area contributed by atoms with Crippen LogP contribution in [-0.2, 0) is 13.6 Å². The van der Waals surface area contributed by atoms with Gasteiger partial charge in [0.15, 0.2) is 0 Å². The SMILES string of the molecule is Cc1cc(F)ccc1-c1cc(Cn2ccn(C)/c2=N\C(=O)O)cc2c1OCCNC2=O. The van der Waals surface area contributed by atoms with Crippen LogP contribution in [0, 0.1) is 12.7 Å². The van der Waals surface area contributed by atoms with E-state index in [-0.39, 0.29) is 23.9 Å². The maximum Gasteiger partial charge on any atom is 0.434 e. The van der Waals surface area contributed by atoms with E-state index in [0.29, 0.717) is 35.6 Å². The molecule has 1 aliphatic rings. The van der Waals surface area contributed by atoms with Gasteiger partial charge in [-0.05, 0) is 47.9 Å². The van der Waals surface area contributed by atoms with Gasteiger partial charge in [0, 0.05) is 25.0 Å². The van der Waals surface area contributed by atoms with Gasteiger partial charge in [-0.2, -0.15) is 0 Å². The first-order valence-corrected chi connectivity index (χ1v) is 9.67. The number of aromatic nitrogens is 2. The van der Waals surface area contributed by atoms with Crippen molar-refractivity contribution in [2.24, 2.45) is 12.0 Å². The number of aryl methyl sites for hydroxylation is 2. The molecule has 0 saturated carbocycles. The molecule has 0 atom stereocenters. The standard InChI is InChI=1S/C22H21FN4O4/c1-13-9-15(23)3-4-16(13)17-10-14(11-18-19(17)31-8-5-24-20(18)28)12-27-7-6-26(2)21(27)25-22(29)30/h3-4,6-7,9-11H,5,8,12H2,1-2H3,(H,24,28)(H,29,30)/b25-21+. The number of benzene rings is 2. The molecular formula is C22H21FN4O4. The Kier molecular flexibility index (Phi) is 5.33. The van der Waals surface area contributed by atoms with Crippen molar-refractivity contribution in [2.45, 2.75) is 13.5 Å². The van der Waals surface area contributed by atoms with Crippen molar-refractivity contribution in [1.82, 2.24) is 14.5 Å². The zero-order chi connectivity index (χ0) is 22.1. The van der Waals surface area contributed by atoms with E-state index in [1.165, 1.54) is 12.1 Å². The number of nitrogens with zero attached hydrogens (tertiary/aromatic N) is 3. The van der Waals surface area contributed by atoms with E-state index in [9.17, 15) is 14.0 Å². The summed E-state index contributed by atoms with van der Waals surface area (Å²) in [6.07, 6.45) is 2.12. The minimum Gasteiger partial charge on any atom is -0.490 e. The van der Waals surface area contributed by atoms with E-state index < -0.39 is 6.09 Å². The van der Waals surface area contributed by atoms with Crippen LogP contribution in [0.2, 0.25) is 0 Å². The highest BCUT2D eigenvalue weighted by Gasteiger charge is 2.23. The van der Waals surface area contributed by atoms with Crippen LogP contribution in [0.3, 0.4) is 0 Å². The van der Waals surface area contributed by atoms with Crippen LogP contribution >= 0.6 is 0 Å². The average Bonchev–Trinajstić information content (AvgIpc) is 2.92. The minimum atomic E-state index is -1.30. The van der Waals surface area contributed by atoms with Gasteiger partial charge in [-0.15, -0.1) is 4.99 Å². The average molecular weight is 424 g/mol. The van der Waals surface area contributed by atoms with Gasteiger partial charge in [0.2, 0.25) is 5.62 Å². The zero-order valence-corrected chi connectivity index (χ0v) is 17.1. The molecule has 1 aliphatic heterocycles. The Morgan fingerprint density at radius 2 is 2.00 bits per heavy atom. The topological polar surface area (TPSA) is 97.8 Å². The van der Waals surface area contributed by atoms with Crippen molar-refractivity contribution in [1.29, 1.82) is 0 Å². The number of imidazole rings is 1. The molecule has 2 amide bonds. The maximum absolute atomic E-state index is 13.7. The van der Waals surface area contributed by atoms with E-state index >= 15 is 0 Å². The summed E-state index contributed by atoms with van der Waals surface area (Å²) in [5.74, 6) is -0.159. The Bertz CT molecular complexity index is 1260. The number of hydrogen-bond acceptors (Lipinski definition) is 3. The first-order valence-electron chi connectivity index (χ1n) is 9.67. The molecule has 1 aromatic heterocycles.